The summed E-state index contributed by atoms with van der Waals surface area (Å²) in [6, 6.07) is 6.72. The fourth-order valence-corrected chi connectivity index (χ4v) is 3.53. The summed E-state index contributed by atoms with van der Waals surface area (Å²) < 4.78 is 28.6. The molecule has 0 aromatic heterocycles. The molecule has 1 aromatic rings. The maximum Gasteiger partial charge on any atom is 0.277 e. The predicted molar refractivity (Wildman–Crippen MR) is 69.2 cm³/mol. The Labute approximate surface area is 107 Å². The maximum atomic E-state index is 11.8. The van der Waals surface area contributed by atoms with Crippen LogP contribution in [0.25, 0.3) is 0 Å². The van der Waals surface area contributed by atoms with Gasteiger partial charge in [0.1, 0.15) is 0 Å². The molecule has 6 heteroatoms. The summed E-state index contributed by atoms with van der Waals surface area (Å²) in [4.78, 5) is 0. The lowest BCUT2D eigenvalue weighted by molar-refractivity contribution is 0.151. The van der Waals surface area contributed by atoms with Crippen LogP contribution in [0.4, 0.5) is 0 Å². The number of aliphatic hydroxyl groups excluding tert-OH is 1. The minimum absolute atomic E-state index is 0.184. The molecule has 0 spiro atoms. The second-order valence-electron chi connectivity index (χ2n) is 4.84. The van der Waals surface area contributed by atoms with Gasteiger partial charge in [0, 0.05) is 12.5 Å². The SMILES string of the molecule is CC(C)NS(=O)(=O)NC1c2ccccc2CC1O. The van der Waals surface area contributed by atoms with Crippen LogP contribution in [0, 0.1) is 0 Å². The lowest BCUT2D eigenvalue weighted by Crippen LogP contribution is -2.44. The number of hydrogen-bond donors (Lipinski definition) is 3. The first-order chi connectivity index (χ1) is 8.39. The summed E-state index contributed by atoms with van der Waals surface area (Å²) in [5, 5.41) is 9.95. The van der Waals surface area contributed by atoms with E-state index in [1.807, 2.05) is 24.3 Å². The van der Waals surface area contributed by atoms with Crippen LogP contribution in [-0.4, -0.2) is 25.7 Å². The summed E-state index contributed by atoms with van der Waals surface area (Å²) in [5.74, 6) is 0. The maximum absolute atomic E-state index is 11.8. The molecular weight excluding hydrogens is 252 g/mol. The van der Waals surface area contributed by atoms with Gasteiger partial charge in [0.15, 0.2) is 0 Å². The van der Waals surface area contributed by atoms with E-state index >= 15 is 0 Å². The lowest BCUT2D eigenvalue weighted by atomic mass is 10.1. The summed E-state index contributed by atoms with van der Waals surface area (Å²) >= 11 is 0. The fraction of sp³-hybridized carbons (Fsp3) is 0.500. The van der Waals surface area contributed by atoms with Crippen LogP contribution in [0.1, 0.15) is 31.0 Å². The van der Waals surface area contributed by atoms with Crippen LogP contribution >= 0.6 is 0 Å². The number of rotatable bonds is 4. The highest BCUT2D eigenvalue weighted by atomic mass is 32.2. The van der Waals surface area contributed by atoms with Gasteiger partial charge < -0.3 is 5.11 Å². The van der Waals surface area contributed by atoms with Gasteiger partial charge in [0.2, 0.25) is 0 Å². The lowest BCUT2D eigenvalue weighted by Gasteiger charge is -2.19. The Morgan fingerprint density at radius 1 is 1.33 bits per heavy atom. The Balaban J connectivity index is 2.20. The second-order valence-corrected chi connectivity index (χ2v) is 6.32. The van der Waals surface area contributed by atoms with Crippen molar-refractivity contribution in [2.75, 3.05) is 0 Å². The number of nitrogens with one attached hydrogen (secondary N) is 2. The van der Waals surface area contributed by atoms with Gasteiger partial charge in [-0.15, -0.1) is 0 Å². The second kappa shape index (κ2) is 4.97. The van der Waals surface area contributed by atoms with Crippen LogP contribution in [0.15, 0.2) is 24.3 Å². The first-order valence-corrected chi connectivity index (χ1v) is 7.43. The van der Waals surface area contributed by atoms with Crippen molar-refractivity contribution in [2.24, 2.45) is 0 Å². The minimum Gasteiger partial charge on any atom is -0.391 e. The highest BCUT2D eigenvalue weighted by molar-refractivity contribution is 7.87. The zero-order chi connectivity index (χ0) is 13.3. The molecule has 2 atom stereocenters. The minimum atomic E-state index is -3.60. The summed E-state index contributed by atoms with van der Waals surface area (Å²) in [6.07, 6.45) is -0.239. The van der Waals surface area contributed by atoms with Crippen LogP contribution in [0.5, 0.6) is 0 Å². The Kier molecular flexibility index (Phi) is 3.72. The van der Waals surface area contributed by atoms with E-state index in [0.29, 0.717) is 6.42 Å². The van der Waals surface area contributed by atoms with Crippen molar-refractivity contribution in [1.29, 1.82) is 0 Å². The van der Waals surface area contributed by atoms with Crippen molar-refractivity contribution < 1.29 is 13.5 Å². The van der Waals surface area contributed by atoms with Crippen molar-refractivity contribution in [3.05, 3.63) is 35.4 Å². The molecule has 18 heavy (non-hydrogen) atoms. The van der Waals surface area contributed by atoms with Crippen molar-refractivity contribution >= 4 is 10.2 Å². The highest BCUT2D eigenvalue weighted by Crippen LogP contribution is 2.31. The van der Waals surface area contributed by atoms with E-state index in [0.717, 1.165) is 11.1 Å². The summed E-state index contributed by atoms with van der Waals surface area (Å²) in [7, 11) is -3.60. The van der Waals surface area contributed by atoms with Crippen LogP contribution < -0.4 is 9.44 Å². The van der Waals surface area contributed by atoms with Crippen molar-refractivity contribution in [3.8, 4) is 0 Å². The largest absolute Gasteiger partial charge is 0.391 e. The van der Waals surface area contributed by atoms with E-state index in [9.17, 15) is 13.5 Å². The predicted octanol–water partition coefficient (Wildman–Crippen LogP) is 0.477. The average molecular weight is 270 g/mol. The Hall–Kier alpha value is -0.950. The highest BCUT2D eigenvalue weighted by Gasteiger charge is 2.33. The fourth-order valence-electron chi connectivity index (χ4n) is 2.23. The molecule has 0 radical (unpaired) electrons. The average Bonchev–Trinajstić information content (AvgIpc) is 2.53. The molecule has 3 N–H and O–H groups in total. The Morgan fingerprint density at radius 3 is 2.67 bits per heavy atom. The van der Waals surface area contributed by atoms with E-state index in [-0.39, 0.29) is 6.04 Å². The number of hydrogen-bond acceptors (Lipinski definition) is 3. The molecule has 0 amide bonds. The van der Waals surface area contributed by atoms with Crippen molar-refractivity contribution in [1.82, 2.24) is 9.44 Å². The molecular formula is C12H18N2O3S. The molecule has 2 unspecified atom stereocenters. The van der Waals surface area contributed by atoms with Crippen LogP contribution in [0.3, 0.4) is 0 Å². The van der Waals surface area contributed by atoms with Gasteiger partial charge in [0.05, 0.1) is 12.1 Å². The van der Waals surface area contributed by atoms with E-state index in [2.05, 4.69) is 9.44 Å². The van der Waals surface area contributed by atoms with Crippen LogP contribution in [-0.2, 0) is 16.6 Å². The van der Waals surface area contributed by atoms with E-state index in [1.54, 1.807) is 13.8 Å². The number of benzene rings is 1. The first kappa shape index (κ1) is 13.5. The van der Waals surface area contributed by atoms with Gasteiger partial charge in [-0.1, -0.05) is 24.3 Å². The standard InChI is InChI=1S/C12H18N2O3S/c1-8(2)13-18(16,17)14-12-10-6-4-3-5-9(10)7-11(12)15/h3-6,8,11-15H,7H2,1-2H3. The third-order valence-electron chi connectivity index (χ3n) is 2.88. The van der Waals surface area contributed by atoms with Gasteiger partial charge in [-0.3, -0.25) is 0 Å². The molecule has 1 aliphatic rings. The zero-order valence-electron chi connectivity index (χ0n) is 10.4. The summed E-state index contributed by atoms with van der Waals surface area (Å²) in [6.45, 7) is 3.50. The molecule has 5 nitrogen and oxygen atoms in total. The van der Waals surface area contributed by atoms with Crippen LogP contribution in [0.2, 0.25) is 0 Å². The Morgan fingerprint density at radius 2 is 2.00 bits per heavy atom. The normalized spacial score (nSPS) is 23.3. The van der Waals surface area contributed by atoms with Gasteiger partial charge in [-0.05, 0) is 25.0 Å². The Bertz CT molecular complexity index is 528. The van der Waals surface area contributed by atoms with E-state index in [4.69, 9.17) is 0 Å². The molecule has 0 saturated heterocycles. The molecule has 0 heterocycles. The number of fused-ring (bicyclic) bond motifs is 1. The molecule has 0 saturated carbocycles. The molecule has 1 aliphatic carbocycles. The van der Waals surface area contributed by atoms with E-state index in [1.165, 1.54) is 0 Å². The monoisotopic (exact) mass is 270 g/mol. The van der Waals surface area contributed by atoms with Crippen molar-refractivity contribution in [2.45, 2.75) is 38.5 Å². The topological polar surface area (TPSA) is 78.4 Å². The molecule has 0 aliphatic heterocycles. The quantitative estimate of drug-likeness (QED) is 0.744. The first-order valence-electron chi connectivity index (χ1n) is 5.94. The van der Waals surface area contributed by atoms with Gasteiger partial charge in [0.25, 0.3) is 10.2 Å². The smallest absolute Gasteiger partial charge is 0.277 e. The van der Waals surface area contributed by atoms with Gasteiger partial charge >= 0.3 is 0 Å². The summed E-state index contributed by atoms with van der Waals surface area (Å²) in [5.41, 5.74) is 1.83. The van der Waals surface area contributed by atoms with Crippen molar-refractivity contribution in [3.63, 3.8) is 0 Å². The van der Waals surface area contributed by atoms with Gasteiger partial charge in [-0.2, -0.15) is 17.9 Å². The molecule has 1 aromatic carbocycles. The molecule has 2 rings (SSSR count). The molecule has 0 fully saturated rings. The zero-order valence-corrected chi connectivity index (χ0v) is 11.2. The number of aliphatic hydroxyl groups is 1. The third-order valence-corrected chi connectivity index (χ3v) is 4.22. The molecule has 100 valence electrons. The van der Waals surface area contributed by atoms with Gasteiger partial charge in [-0.25, -0.2) is 0 Å². The third kappa shape index (κ3) is 2.89. The molecule has 0 bridgehead atoms. The van der Waals surface area contributed by atoms with E-state index < -0.39 is 22.4 Å².